The lowest BCUT2D eigenvalue weighted by Crippen LogP contribution is -2.22. The molecule has 10 heteroatoms. The molecule has 0 fully saturated rings. The topological polar surface area (TPSA) is 104 Å². The minimum Gasteiger partial charge on any atom is -0.468 e. The van der Waals surface area contributed by atoms with E-state index in [2.05, 4.69) is 4.99 Å². The number of hydrogen-bond donors (Lipinski definition) is 0. The average Bonchev–Trinajstić information content (AvgIpc) is 3.06. The summed E-state index contributed by atoms with van der Waals surface area (Å²) in [6, 6.07) is 9.32. The molecule has 0 radical (unpaired) electrons. The van der Waals surface area contributed by atoms with E-state index in [0.717, 1.165) is 10.3 Å². The molecule has 0 unspecified atom stereocenters. The van der Waals surface area contributed by atoms with Crippen molar-refractivity contribution in [2.24, 2.45) is 4.99 Å². The molecule has 0 saturated carbocycles. The highest BCUT2D eigenvalue weighted by molar-refractivity contribution is 7.16. The Labute approximate surface area is 179 Å². The normalized spacial score (nSPS) is 11.9. The number of nitro groups is 1. The zero-order valence-electron chi connectivity index (χ0n) is 16.0. The van der Waals surface area contributed by atoms with Gasteiger partial charge in [-0.05, 0) is 48.4 Å². The van der Waals surface area contributed by atoms with Crippen LogP contribution in [0.15, 0.2) is 47.5 Å². The van der Waals surface area contributed by atoms with Crippen molar-refractivity contribution < 1.29 is 19.2 Å². The molecule has 8 nitrogen and oxygen atoms in total. The summed E-state index contributed by atoms with van der Waals surface area (Å²) < 4.78 is 7.19. The van der Waals surface area contributed by atoms with Gasteiger partial charge in [0, 0.05) is 23.2 Å². The number of aromatic nitrogens is 1. The summed E-state index contributed by atoms with van der Waals surface area (Å²) >= 11 is 7.47. The first kappa shape index (κ1) is 21.4. The summed E-state index contributed by atoms with van der Waals surface area (Å²) in [6.45, 7) is 1.71. The van der Waals surface area contributed by atoms with E-state index in [9.17, 15) is 19.7 Å². The summed E-state index contributed by atoms with van der Waals surface area (Å²) in [6.07, 6.45) is 2.77. The number of thiazole rings is 1. The Hall–Kier alpha value is -3.30. The van der Waals surface area contributed by atoms with E-state index in [1.807, 2.05) is 6.92 Å². The number of nitrogens with zero attached hydrogens (tertiary/aromatic N) is 3. The van der Waals surface area contributed by atoms with Gasteiger partial charge in [-0.25, -0.2) is 0 Å². The molecule has 0 aliphatic rings. The van der Waals surface area contributed by atoms with E-state index < -0.39 is 16.8 Å². The summed E-state index contributed by atoms with van der Waals surface area (Å²) in [5.41, 5.74) is 2.06. The first-order valence-electron chi connectivity index (χ1n) is 8.66. The molecule has 0 bridgehead atoms. The number of hydrogen-bond acceptors (Lipinski definition) is 6. The molecule has 1 amide bonds. The van der Waals surface area contributed by atoms with E-state index in [0.29, 0.717) is 20.9 Å². The number of amides is 1. The van der Waals surface area contributed by atoms with E-state index in [-0.39, 0.29) is 12.2 Å². The van der Waals surface area contributed by atoms with Gasteiger partial charge in [0.25, 0.3) is 11.6 Å². The van der Waals surface area contributed by atoms with Gasteiger partial charge in [0.15, 0.2) is 4.80 Å². The van der Waals surface area contributed by atoms with E-state index >= 15 is 0 Å². The highest BCUT2D eigenvalue weighted by atomic mass is 35.5. The Kier molecular flexibility index (Phi) is 6.43. The fourth-order valence-electron chi connectivity index (χ4n) is 2.75. The van der Waals surface area contributed by atoms with Crippen LogP contribution in [0.2, 0.25) is 5.02 Å². The molecule has 0 saturated heterocycles. The Morgan fingerprint density at radius 1 is 1.27 bits per heavy atom. The van der Waals surface area contributed by atoms with Crippen LogP contribution in [0.3, 0.4) is 0 Å². The van der Waals surface area contributed by atoms with Crippen molar-refractivity contribution in [2.75, 3.05) is 7.11 Å². The molecule has 0 N–H and O–H groups in total. The third-order valence-electron chi connectivity index (χ3n) is 4.27. The first-order chi connectivity index (χ1) is 14.3. The minimum absolute atomic E-state index is 0.0358. The summed E-state index contributed by atoms with van der Waals surface area (Å²) in [5, 5.41) is 11.2. The largest absolute Gasteiger partial charge is 0.468 e. The number of halogens is 1. The predicted molar refractivity (Wildman–Crippen MR) is 114 cm³/mol. The fraction of sp³-hybridized carbons (Fsp3) is 0.150. The fourth-order valence-corrected chi connectivity index (χ4v) is 3.99. The predicted octanol–water partition coefficient (Wildman–Crippen LogP) is 3.89. The van der Waals surface area contributed by atoms with Crippen molar-refractivity contribution >= 4 is 56.8 Å². The van der Waals surface area contributed by atoms with Gasteiger partial charge in [0.1, 0.15) is 6.54 Å². The highest BCUT2D eigenvalue weighted by Crippen LogP contribution is 2.27. The Bertz CT molecular complexity index is 1240. The number of carbonyl (C=O) groups excluding carboxylic acids is 2. The van der Waals surface area contributed by atoms with Gasteiger partial charge in [-0.15, -0.1) is 0 Å². The highest BCUT2D eigenvalue weighted by Gasteiger charge is 2.14. The maximum absolute atomic E-state index is 12.4. The molecular weight excluding hydrogens is 430 g/mol. The van der Waals surface area contributed by atoms with Gasteiger partial charge < -0.3 is 9.30 Å². The molecule has 3 aromatic rings. The molecule has 3 rings (SSSR count). The third kappa shape index (κ3) is 4.64. The molecule has 1 aromatic heterocycles. The summed E-state index contributed by atoms with van der Waals surface area (Å²) in [4.78, 5) is 38.9. The molecule has 0 aliphatic heterocycles. The van der Waals surface area contributed by atoms with Gasteiger partial charge in [0.2, 0.25) is 0 Å². The number of rotatable bonds is 5. The molecule has 154 valence electrons. The first-order valence-corrected chi connectivity index (χ1v) is 9.86. The number of nitro benzene ring substituents is 1. The number of non-ortho nitro benzene ring substituents is 1. The lowest BCUT2D eigenvalue weighted by Gasteiger charge is -2.06. The number of methoxy groups -OCH3 is 1. The second-order valence-corrected chi connectivity index (χ2v) is 7.61. The lowest BCUT2D eigenvalue weighted by molar-refractivity contribution is -0.384. The molecular formula is C20H16ClN3O5S. The maximum atomic E-state index is 12.4. The SMILES string of the molecule is COC(=O)Cn1c(=NC(=O)C=Cc2ccc([N+](=O)[O-])cc2)sc2ccc(Cl)c(C)c21. The second-order valence-electron chi connectivity index (χ2n) is 6.20. The van der Waals surface area contributed by atoms with Crippen LogP contribution >= 0.6 is 22.9 Å². The molecule has 0 aliphatic carbocycles. The quantitative estimate of drug-likeness (QED) is 0.256. The number of benzene rings is 2. The van der Waals surface area contributed by atoms with E-state index in [4.69, 9.17) is 16.3 Å². The zero-order valence-corrected chi connectivity index (χ0v) is 17.6. The van der Waals surface area contributed by atoms with Crippen LogP contribution in [-0.4, -0.2) is 28.5 Å². The zero-order chi connectivity index (χ0) is 21.8. The van der Waals surface area contributed by atoms with Crippen LogP contribution in [0.4, 0.5) is 5.69 Å². The number of fused-ring (bicyclic) bond motifs is 1. The van der Waals surface area contributed by atoms with Crippen molar-refractivity contribution in [3.05, 3.63) is 73.5 Å². The Balaban J connectivity index is 1.98. The average molecular weight is 446 g/mol. The van der Waals surface area contributed by atoms with Crippen molar-refractivity contribution in [2.45, 2.75) is 13.5 Å². The van der Waals surface area contributed by atoms with Crippen LogP contribution < -0.4 is 4.80 Å². The number of aryl methyl sites for hydroxylation is 1. The lowest BCUT2D eigenvalue weighted by atomic mass is 10.2. The van der Waals surface area contributed by atoms with Gasteiger partial charge in [-0.1, -0.05) is 22.9 Å². The maximum Gasteiger partial charge on any atom is 0.325 e. The van der Waals surface area contributed by atoms with Gasteiger partial charge in [-0.3, -0.25) is 19.7 Å². The van der Waals surface area contributed by atoms with E-state index in [1.165, 1.54) is 54.9 Å². The number of esters is 1. The van der Waals surface area contributed by atoms with Crippen LogP contribution in [0.1, 0.15) is 11.1 Å². The molecule has 0 spiro atoms. The van der Waals surface area contributed by atoms with Crippen LogP contribution in [0.25, 0.3) is 16.3 Å². The summed E-state index contributed by atoms with van der Waals surface area (Å²) in [5.74, 6) is -1.02. The van der Waals surface area contributed by atoms with Crippen molar-refractivity contribution in [1.82, 2.24) is 4.57 Å². The molecule has 2 aromatic carbocycles. The van der Waals surface area contributed by atoms with Gasteiger partial charge >= 0.3 is 5.97 Å². The minimum atomic E-state index is -0.540. The van der Waals surface area contributed by atoms with Gasteiger partial charge in [0.05, 0.1) is 22.2 Å². The smallest absolute Gasteiger partial charge is 0.325 e. The molecule has 30 heavy (non-hydrogen) atoms. The summed E-state index contributed by atoms with van der Waals surface area (Å²) in [7, 11) is 1.28. The standard InChI is InChI=1S/C20H16ClN3O5S/c1-12-15(21)8-9-16-19(12)23(11-18(26)29-2)20(30-16)22-17(25)10-5-13-3-6-14(7-4-13)24(27)28/h3-10H,11H2,1-2H3. The van der Waals surface area contributed by atoms with Crippen molar-refractivity contribution in [1.29, 1.82) is 0 Å². The van der Waals surface area contributed by atoms with Crippen molar-refractivity contribution in [3.8, 4) is 0 Å². The number of ether oxygens (including phenoxy) is 1. The van der Waals surface area contributed by atoms with Crippen LogP contribution in [0, 0.1) is 17.0 Å². The van der Waals surface area contributed by atoms with Crippen molar-refractivity contribution in [3.63, 3.8) is 0 Å². The second kappa shape index (κ2) is 9.02. The van der Waals surface area contributed by atoms with Crippen LogP contribution in [-0.2, 0) is 20.9 Å². The van der Waals surface area contributed by atoms with Gasteiger partial charge in [-0.2, -0.15) is 4.99 Å². The van der Waals surface area contributed by atoms with E-state index in [1.54, 1.807) is 16.7 Å². The Morgan fingerprint density at radius 3 is 2.60 bits per heavy atom. The number of carbonyl (C=O) groups is 2. The molecule has 0 atom stereocenters. The third-order valence-corrected chi connectivity index (χ3v) is 5.73. The van der Waals surface area contributed by atoms with Crippen LogP contribution in [0.5, 0.6) is 0 Å². The monoisotopic (exact) mass is 445 g/mol. The Morgan fingerprint density at radius 2 is 1.97 bits per heavy atom. The molecule has 1 heterocycles.